The Hall–Kier alpha value is -1.41. The van der Waals surface area contributed by atoms with Gasteiger partial charge in [-0.15, -0.1) is 5.10 Å². The minimum Gasteiger partial charge on any atom is -0.396 e. The molecule has 5 nitrogen and oxygen atoms in total. The number of aliphatic hydroxyl groups excluding tert-OH is 1. The molecule has 0 radical (unpaired) electrons. The lowest BCUT2D eigenvalue weighted by Gasteiger charge is -2.41. The Balaban J connectivity index is 1.63. The molecule has 0 aliphatic carbocycles. The van der Waals surface area contributed by atoms with Crippen molar-refractivity contribution >= 4 is 11.5 Å². The number of piperazine rings is 1. The fraction of sp³-hybridized carbons (Fsp3) is 0.579. The van der Waals surface area contributed by atoms with Gasteiger partial charge in [-0.1, -0.05) is 30.5 Å². The van der Waals surface area contributed by atoms with Crippen LogP contribution in [0.2, 0.25) is 0 Å². The van der Waals surface area contributed by atoms with Crippen molar-refractivity contribution in [1.29, 1.82) is 0 Å². The van der Waals surface area contributed by atoms with Crippen molar-refractivity contribution in [2.24, 2.45) is 0 Å². The van der Waals surface area contributed by atoms with Crippen molar-refractivity contribution in [3.05, 3.63) is 46.2 Å². The summed E-state index contributed by atoms with van der Waals surface area (Å²) in [5.74, 6) is 0.182. The minimum atomic E-state index is -0.204. The average molecular weight is 379 g/mol. The second kappa shape index (κ2) is 8.99. The van der Waals surface area contributed by atoms with Crippen LogP contribution in [0.25, 0.3) is 0 Å². The molecule has 0 spiro atoms. The summed E-state index contributed by atoms with van der Waals surface area (Å²) >= 11 is 1.49. The summed E-state index contributed by atoms with van der Waals surface area (Å²) in [5, 5.41) is 13.8. The first-order chi connectivity index (χ1) is 12.6. The number of halogens is 1. The molecule has 1 aliphatic rings. The summed E-state index contributed by atoms with van der Waals surface area (Å²) in [4.78, 5) is 6.08. The molecule has 3 rings (SSSR count). The van der Waals surface area contributed by atoms with E-state index in [-0.39, 0.29) is 12.4 Å². The number of aliphatic hydroxyl groups is 1. The summed E-state index contributed by atoms with van der Waals surface area (Å²) in [7, 11) is 0. The number of aromatic nitrogens is 2. The summed E-state index contributed by atoms with van der Waals surface area (Å²) in [5.41, 5.74) is 2.21. The third kappa shape index (κ3) is 4.85. The van der Waals surface area contributed by atoms with E-state index >= 15 is 0 Å². The molecule has 1 aromatic carbocycles. The van der Waals surface area contributed by atoms with Gasteiger partial charge < -0.3 is 5.11 Å². The van der Waals surface area contributed by atoms with Crippen molar-refractivity contribution < 1.29 is 9.50 Å². The Bertz CT molecular complexity index is 691. The third-order valence-corrected chi connectivity index (χ3v) is 5.67. The van der Waals surface area contributed by atoms with Gasteiger partial charge in [-0.3, -0.25) is 9.80 Å². The van der Waals surface area contributed by atoms with E-state index in [1.165, 1.54) is 28.5 Å². The lowest BCUT2D eigenvalue weighted by molar-refractivity contribution is 0.0503. The Morgan fingerprint density at radius 3 is 2.69 bits per heavy atom. The second-order valence-corrected chi connectivity index (χ2v) is 8.07. The standard InChI is InChI=1S/C19H27FN4OS/c1-14(2)19-18(26-22-21-19)13-23-8-9-24(17(12-23)7-10-25)11-15-3-5-16(20)6-4-15/h3-6,14,17,25H,7-13H2,1-2H3/t17-/m0/s1. The van der Waals surface area contributed by atoms with Crippen molar-refractivity contribution in [3.63, 3.8) is 0 Å². The van der Waals surface area contributed by atoms with Crippen LogP contribution in [-0.4, -0.2) is 56.8 Å². The molecule has 26 heavy (non-hydrogen) atoms. The molecule has 0 unspecified atom stereocenters. The maximum Gasteiger partial charge on any atom is 0.123 e. The van der Waals surface area contributed by atoms with Crippen LogP contribution in [0.5, 0.6) is 0 Å². The van der Waals surface area contributed by atoms with E-state index in [1.54, 1.807) is 0 Å². The summed E-state index contributed by atoms with van der Waals surface area (Å²) < 4.78 is 17.2. The van der Waals surface area contributed by atoms with E-state index in [2.05, 4.69) is 33.2 Å². The number of rotatable bonds is 7. The van der Waals surface area contributed by atoms with Crippen LogP contribution in [0.1, 0.15) is 42.3 Å². The van der Waals surface area contributed by atoms with Gasteiger partial charge in [-0.25, -0.2) is 4.39 Å². The van der Waals surface area contributed by atoms with E-state index in [1.807, 2.05) is 12.1 Å². The number of nitrogens with zero attached hydrogens (tertiary/aromatic N) is 4. The maximum atomic E-state index is 13.1. The molecular weight excluding hydrogens is 351 g/mol. The van der Waals surface area contributed by atoms with E-state index in [0.717, 1.165) is 50.4 Å². The largest absolute Gasteiger partial charge is 0.396 e. The number of hydrogen-bond donors (Lipinski definition) is 1. The fourth-order valence-corrected chi connectivity index (χ4v) is 4.36. The molecule has 1 N–H and O–H groups in total. The summed E-state index contributed by atoms with van der Waals surface area (Å²) in [6.45, 7) is 8.96. The van der Waals surface area contributed by atoms with Gasteiger partial charge in [0.05, 0.1) is 10.6 Å². The van der Waals surface area contributed by atoms with Crippen LogP contribution in [0, 0.1) is 5.82 Å². The van der Waals surface area contributed by atoms with Crippen LogP contribution in [0.15, 0.2) is 24.3 Å². The van der Waals surface area contributed by atoms with Crippen LogP contribution in [0.4, 0.5) is 4.39 Å². The molecule has 142 valence electrons. The van der Waals surface area contributed by atoms with Crippen LogP contribution < -0.4 is 0 Å². The maximum absolute atomic E-state index is 13.1. The van der Waals surface area contributed by atoms with Gasteiger partial charge in [0, 0.05) is 45.4 Å². The molecule has 1 aromatic heterocycles. The van der Waals surface area contributed by atoms with Gasteiger partial charge in [0.1, 0.15) is 5.82 Å². The van der Waals surface area contributed by atoms with Gasteiger partial charge in [-0.2, -0.15) is 0 Å². The Morgan fingerprint density at radius 1 is 1.23 bits per heavy atom. The van der Waals surface area contributed by atoms with E-state index in [9.17, 15) is 9.50 Å². The SMILES string of the molecule is CC(C)c1nnsc1CN1CCN(Cc2ccc(F)cc2)[C@@H](CCO)C1. The lowest BCUT2D eigenvalue weighted by atomic mass is 10.1. The van der Waals surface area contributed by atoms with Crippen molar-refractivity contribution in [2.75, 3.05) is 26.2 Å². The fourth-order valence-electron chi connectivity index (χ4n) is 3.52. The normalized spacial score (nSPS) is 19.3. The zero-order valence-electron chi connectivity index (χ0n) is 15.4. The zero-order chi connectivity index (χ0) is 18.5. The first kappa shape index (κ1) is 19.4. The average Bonchev–Trinajstić information content (AvgIpc) is 3.08. The van der Waals surface area contributed by atoms with Crippen LogP contribution >= 0.6 is 11.5 Å². The van der Waals surface area contributed by atoms with Gasteiger partial charge >= 0.3 is 0 Å². The number of benzene rings is 1. The Morgan fingerprint density at radius 2 is 2.00 bits per heavy atom. The van der Waals surface area contributed by atoms with E-state index < -0.39 is 0 Å². The van der Waals surface area contributed by atoms with Crippen LogP contribution in [-0.2, 0) is 13.1 Å². The molecule has 2 heterocycles. The summed E-state index contributed by atoms with van der Waals surface area (Å²) in [6, 6.07) is 7.00. The molecule has 1 atom stereocenters. The number of hydrogen-bond acceptors (Lipinski definition) is 6. The van der Waals surface area contributed by atoms with Crippen molar-refractivity contribution in [3.8, 4) is 0 Å². The molecule has 0 amide bonds. The highest BCUT2D eigenvalue weighted by atomic mass is 32.1. The predicted octanol–water partition coefficient (Wildman–Crippen LogP) is 2.87. The first-order valence-corrected chi connectivity index (χ1v) is 9.97. The van der Waals surface area contributed by atoms with Gasteiger partial charge in [0.15, 0.2) is 0 Å². The zero-order valence-corrected chi connectivity index (χ0v) is 16.3. The topological polar surface area (TPSA) is 52.5 Å². The molecule has 7 heteroatoms. The van der Waals surface area contributed by atoms with E-state index in [0.29, 0.717) is 12.0 Å². The molecule has 1 saturated heterocycles. The van der Waals surface area contributed by atoms with Gasteiger partial charge in [0.25, 0.3) is 0 Å². The molecule has 0 bridgehead atoms. The summed E-state index contributed by atoms with van der Waals surface area (Å²) in [6.07, 6.45) is 0.746. The van der Waals surface area contributed by atoms with Gasteiger partial charge in [0.2, 0.25) is 0 Å². The van der Waals surface area contributed by atoms with Gasteiger partial charge in [-0.05, 0) is 41.6 Å². The molecular formula is C19H27FN4OS. The first-order valence-electron chi connectivity index (χ1n) is 9.19. The molecule has 2 aromatic rings. The minimum absolute atomic E-state index is 0.178. The van der Waals surface area contributed by atoms with Crippen LogP contribution in [0.3, 0.4) is 0 Å². The quantitative estimate of drug-likeness (QED) is 0.803. The highest BCUT2D eigenvalue weighted by molar-refractivity contribution is 7.05. The third-order valence-electron chi connectivity index (χ3n) is 4.95. The van der Waals surface area contributed by atoms with Crippen molar-refractivity contribution in [1.82, 2.24) is 19.4 Å². The molecule has 1 aliphatic heterocycles. The molecule has 0 saturated carbocycles. The smallest absolute Gasteiger partial charge is 0.123 e. The van der Waals surface area contributed by atoms with E-state index in [4.69, 9.17) is 0 Å². The highest BCUT2D eigenvalue weighted by Crippen LogP contribution is 2.24. The highest BCUT2D eigenvalue weighted by Gasteiger charge is 2.27. The second-order valence-electron chi connectivity index (χ2n) is 7.23. The predicted molar refractivity (Wildman–Crippen MR) is 102 cm³/mol. The monoisotopic (exact) mass is 378 g/mol. The lowest BCUT2D eigenvalue weighted by Crippen LogP contribution is -2.52. The molecule has 1 fully saturated rings. The Kier molecular flexibility index (Phi) is 6.69. The van der Waals surface area contributed by atoms with Crippen molar-refractivity contribution in [2.45, 2.75) is 45.3 Å². The Labute approximate surface area is 158 Å².